The lowest BCUT2D eigenvalue weighted by Crippen LogP contribution is -2.50. The second-order valence-corrected chi connectivity index (χ2v) is 8.97. The number of thiazole rings is 1. The fourth-order valence-electron chi connectivity index (χ4n) is 4.32. The number of para-hydroxylation sites is 1. The minimum atomic E-state index is -0.197. The van der Waals surface area contributed by atoms with Crippen molar-refractivity contribution in [2.24, 2.45) is 0 Å². The van der Waals surface area contributed by atoms with E-state index in [0.29, 0.717) is 10.7 Å². The number of aromatic nitrogens is 1. The molecule has 31 heavy (non-hydrogen) atoms. The number of anilines is 2. The molecule has 1 saturated heterocycles. The molecular weight excluding hydrogens is 408 g/mol. The Balaban J connectivity index is 1.23. The number of amides is 2. The van der Waals surface area contributed by atoms with Crippen LogP contribution in [0.4, 0.5) is 10.8 Å². The van der Waals surface area contributed by atoms with Gasteiger partial charge in [0.05, 0.1) is 11.6 Å². The van der Waals surface area contributed by atoms with Gasteiger partial charge in [0.1, 0.15) is 0 Å². The minimum absolute atomic E-state index is 0.165. The van der Waals surface area contributed by atoms with Crippen molar-refractivity contribution in [1.82, 2.24) is 9.88 Å². The number of fused-ring (bicyclic) bond motifs is 1. The molecule has 7 heteroatoms. The van der Waals surface area contributed by atoms with Crippen molar-refractivity contribution in [1.29, 1.82) is 0 Å². The summed E-state index contributed by atoms with van der Waals surface area (Å²) in [4.78, 5) is 35.7. The summed E-state index contributed by atoms with van der Waals surface area (Å²) in [6.07, 6.45) is 1.65. The van der Waals surface area contributed by atoms with Crippen LogP contribution < -0.4 is 10.2 Å². The van der Waals surface area contributed by atoms with Gasteiger partial charge in [-0.25, -0.2) is 4.98 Å². The normalized spacial score (nSPS) is 18.0. The van der Waals surface area contributed by atoms with Gasteiger partial charge in [-0.1, -0.05) is 36.4 Å². The van der Waals surface area contributed by atoms with Crippen LogP contribution in [0.25, 0.3) is 0 Å². The maximum atomic E-state index is 13.2. The summed E-state index contributed by atoms with van der Waals surface area (Å²) in [5.74, 6) is -0.206. The topological polar surface area (TPSA) is 65.5 Å². The summed E-state index contributed by atoms with van der Waals surface area (Å²) in [5, 5.41) is 3.46. The predicted octanol–water partition coefficient (Wildman–Crippen LogP) is 3.77. The standard InChI is InChI=1S/C24H24N4O2S/c29-22(17-7-3-1-4-8-17)26-24-25-21-19(11-12-20(21)31-24)23(30)28-15-13-27(14-16-28)18-9-5-2-6-10-18/h1-10,19H,11-16H2,(H,25,26,29)/t19-/m1/s1. The van der Waals surface area contributed by atoms with E-state index in [4.69, 9.17) is 0 Å². The number of hydrogen-bond acceptors (Lipinski definition) is 5. The summed E-state index contributed by atoms with van der Waals surface area (Å²) >= 11 is 1.49. The Labute approximate surface area is 185 Å². The molecule has 3 aromatic rings. The van der Waals surface area contributed by atoms with E-state index in [-0.39, 0.29) is 17.7 Å². The Morgan fingerprint density at radius 1 is 0.935 bits per heavy atom. The van der Waals surface area contributed by atoms with Crippen molar-refractivity contribution in [3.63, 3.8) is 0 Å². The first-order valence-electron chi connectivity index (χ1n) is 10.6. The number of carbonyl (C=O) groups excluding carboxylic acids is 2. The third kappa shape index (κ3) is 4.05. The van der Waals surface area contributed by atoms with Crippen molar-refractivity contribution in [3.05, 3.63) is 76.8 Å². The lowest BCUT2D eigenvalue weighted by molar-refractivity contribution is -0.133. The van der Waals surface area contributed by atoms with Gasteiger partial charge in [-0.3, -0.25) is 14.9 Å². The Morgan fingerprint density at radius 2 is 1.61 bits per heavy atom. The second-order valence-electron chi connectivity index (χ2n) is 7.89. The summed E-state index contributed by atoms with van der Waals surface area (Å²) in [7, 11) is 0. The quantitative estimate of drug-likeness (QED) is 0.682. The third-order valence-electron chi connectivity index (χ3n) is 5.98. The van der Waals surface area contributed by atoms with Crippen molar-refractivity contribution in [2.75, 3.05) is 36.4 Å². The van der Waals surface area contributed by atoms with E-state index in [2.05, 4.69) is 27.3 Å². The lowest BCUT2D eigenvalue weighted by atomic mass is 10.1. The van der Waals surface area contributed by atoms with Gasteiger partial charge >= 0.3 is 0 Å². The molecule has 1 fully saturated rings. The zero-order valence-electron chi connectivity index (χ0n) is 17.2. The number of piperazine rings is 1. The van der Waals surface area contributed by atoms with Gasteiger partial charge in [0, 0.05) is 42.3 Å². The third-order valence-corrected chi connectivity index (χ3v) is 7.03. The largest absolute Gasteiger partial charge is 0.368 e. The molecule has 2 aromatic carbocycles. The Morgan fingerprint density at radius 3 is 2.32 bits per heavy atom. The van der Waals surface area contributed by atoms with Gasteiger partial charge in [0.25, 0.3) is 5.91 Å². The highest BCUT2D eigenvalue weighted by Gasteiger charge is 2.36. The fourth-order valence-corrected chi connectivity index (χ4v) is 5.36. The highest BCUT2D eigenvalue weighted by molar-refractivity contribution is 7.16. The molecule has 2 aliphatic rings. The van der Waals surface area contributed by atoms with Crippen LogP contribution in [-0.2, 0) is 11.2 Å². The lowest BCUT2D eigenvalue weighted by Gasteiger charge is -2.37. The number of benzene rings is 2. The highest BCUT2D eigenvalue weighted by Crippen LogP contribution is 2.39. The molecule has 0 saturated carbocycles. The fraction of sp³-hybridized carbons (Fsp3) is 0.292. The molecule has 1 aliphatic carbocycles. The Kier molecular flexibility index (Phi) is 5.42. The summed E-state index contributed by atoms with van der Waals surface area (Å²) < 4.78 is 0. The molecule has 0 bridgehead atoms. The van der Waals surface area contributed by atoms with E-state index in [1.54, 1.807) is 12.1 Å². The van der Waals surface area contributed by atoms with E-state index < -0.39 is 0 Å². The average Bonchev–Trinajstić information content (AvgIpc) is 3.40. The summed E-state index contributed by atoms with van der Waals surface area (Å²) in [5.41, 5.74) is 2.65. The van der Waals surface area contributed by atoms with E-state index >= 15 is 0 Å². The first kappa shape index (κ1) is 19.8. The van der Waals surface area contributed by atoms with Crippen molar-refractivity contribution in [2.45, 2.75) is 18.8 Å². The molecule has 1 aliphatic heterocycles. The molecular formula is C24H24N4O2S. The number of rotatable bonds is 4. The Bertz CT molecular complexity index is 1080. The van der Waals surface area contributed by atoms with Gasteiger partial charge in [0.15, 0.2) is 5.13 Å². The molecule has 158 valence electrons. The zero-order valence-corrected chi connectivity index (χ0v) is 18.0. The molecule has 0 unspecified atom stereocenters. The van der Waals surface area contributed by atoms with Gasteiger partial charge in [-0.15, -0.1) is 11.3 Å². The Hall–Kier alpha value is -3.19. The molecule has 1 N–H and O–H groups in total. The summed E-state index contributed by atoms with van der Waals surface area (Å²) in [6, 6.07) is 19.4. The van der Waals surface area contributed by atoms with Crippen LogP contribution in [0, 0.1) is 0 Å². The van der Waals surface area contributed by atoms with Crippen LogP contribution in [0.15, 0.2) is 60.7 Å². The average molecular weight is 433 g/mol. The predicted molar refractivity (Wildman–Crippen MR) is 123 cm³/mol. The van der Waals surface area contributed by atoms with E-state index in [0.717, 1.165) is 49.6 Å². The van der Waals surface area contributed by atoms with Crippen molar-refractivity contribution in [3.8, 4) is 0 Å². The molecule has 1 atom stereocenters. The van der Waals surface area contributed by atoms with Crippen LogP contribution in [0.3, 0.4) is 0 Å². The van der Waals surface area contributed by atoms with Crippen LogP contribution in [0.2, 0.25) is 0 Å². The molecule has 2 heterocycles. The van der Waals surface area contributed by atoms with Crippen LogP contribution in [0.1, 0.15) is 33.3 Å². The second kappa shape index (κ2) is 8.51. The van der Waals surface area contributed by atoms with Crippen LogP contribution in [0.5, 0.6) is 0 Å². The smallest absolute Gasteiger partial charge is 0.257 e. The maximum absolute atomic E-state index is 13.2. The van der Waals surface area contributed by atoms with Crippen LogP contribution >= 0.6 is 11.3 Å². The van der Waals surface area contributed by atoms with Crippen LogP contribution in [-0.4, -0.2) is 47.9 Å². The van der Waals surface area contributed by atoms with E-state index in [1.807, 2.05) is 41.3 Å². The maximum Gasteiger partial charge on any atom is 0.257 e. The number of nitrogens with one attached hydrogen (secondary N) is 1. The van der Waals surface area contributed by atoms with E-state index in [9.17, 15) is 9.59 Å². The molecule has 1 aromatic heterocycles. The first-order valence-corrected chi connectivity index (χ1v) is 11.5. The molecule has 2 amide bonds. The van der Waals surface area contributed by atoms with Gasteiger partial charge in [0.2, 0.25) is 5.91 Å². The van der Waals surface area contributed by atoms with E-state index in [1.165, 1.54) is 17.0 Å². The summed E-state index contributed by atoms with van der Waals surface area (Å²) in [6.45, 7) is 3.12. The van der Waals surface area contributed by atoms with Gasteiger partial charge < -0.3 is 9.80 Å². The number of aryl methyl sites for hydroxylation is 1. The van der Waals surface area contributed by atoms with Crippen molar-refractivity contribution < 1.29 is 9.59 Å². The first-order chi connectivity index (χ1) is 15.2. The monoisotopic (exact) mass is 432 g/mol. The van der Waals surface area contributed by atoms with Crippen molar-refractivity contribution >= 4 is 34.0 Å². The number of hydrogen-bond donors (Lipinski definition) is 1. The van der Waals surface area contributed by atoms with Gasteiger partial charge in [-0.05, 0) is 37.1 Å². The molecule has 5 rings (SSSR count). The van der Waals surface area contributed by atoms with Gasteiger partial charge in [-0.2, -0.15) is 0 Å². The number of nitrogens with zero attached hydrogens (tertiary/aromatic N) is 3. The molecule has 6 nitrogen and oxygen atoms in total. The molecule has 0 radical (unpaired) electrons. The highest BCUT2D eigenvalue weighted by atomic mass is 32.1. The zero-order chi connectivity index (χ0) is 21.2. The number of carbonyl (C=O) groups is 2. The minimum Gasteiger partial charge on any atom is -0.368 e. The SMILES string of the molecule is O=C(Nc1nc2c(s1)CC[C@H]2C(=O)N1CCN(c2ccccc2)CC1)c1ccccc1. The molecule has 0 spiro atoms.